The Morgan fingerprint density at radius 3 is 3.22 bits per heavy atom. The normalized spacial score (nSPS) is 42.3. The van der Waals surface area contributed by atoms with Gasteiger partial charge in [0.25, 0.3) is 0 Å². The van der Waals surface area contributed by atoms with Gasteiger partial charge in [0.2, 0.25) is 0 Å². The molecule has 1 unspecified atom stereocenters. The predicted octanol–water partition coefficient (Wildman–Crippen LogP) is 0.0744. The molecule has 9 heavy (non-hydrogen) atoms. The molecule has 1 atom stereocenters. The van der Waals surface area contributed by atoms with Gasteiger partial charge in [-0.2, -0.15) is 0 Å². The summed E-state index contributed by atoms with van der Waals surface area (Å²) >= 11 is 0. The Bertz CT molecular complexity index is 201. The van der Waals surface area contributed by atoms with Gasteiger partial charge in [-0.15, -0.1) is 0 Å². The molecule has 52 valence electrons. The minimum atomic E-state index is -2.51. The van der Waals surface area contributed by atoms with Crippen LogP contribution in [0.25, 0.3) is 0 Å². The van der Waals surface area contributed by atoms with Crippen LogP contribution in [0.1, 0.15) is 23.8 Å². The van der Waals surface area contributed by atoms with E-state index in [0.717, 1.165) is 0 Å². The number of aliphatic hydroxyl groups is 1. The van der Waals surface area contributed by atoms with Gasteiger partial charge in [0.1, 0.15) is 0 Å². The van der Waals surface area contributed by atoms with Crippen molar-refractivity contribution >= 4 is 5.97 Å². The number of esters is 1. The van der Waals surface area contributed by atoms with E-state index in [9.17, 15) is 9.90 Å². The van der Waals surface area contributed by atoms with Crippen molar-refractivity contribution in [3.05, 3.63) is 0 Å². The smallest absolute Gasteiger partial charge is 0.308 e. The predicted molar refractivity (Wildman–Crippen MR) is 30.8 cm³/mol. The summed E-state index contributed by atoms with van der Waals surface area (Å²) in [5.74, 6) is -0.653. The first kappa shape index (κ1) is 3.56. The largest absolute Gasteiger partial charge is 0.465 e. The summed E-state index contributed by atoms with van der Waals surface area (Å²) in [6.07, 6.45) is -0.460. The summed E-state index contributed by atoms with van der Waals surface area (Å²) in [4.78, 5) is 10.7. The van der Waals surface area contributed by atoms with Crippen LogP contribution in [0.15, 0.2) is 0 Å². The van der Waals surface area contributed by atoms with Crippen LogP contribution in [0.2, 0.25) is 0 Å². The summed E-state index contributed by atoms with van der Waals surface area (Å²) < 4.78 is 25.5. The molecule has 1 aliphatic heterocycles. The lowest BCUT2D eigenvalue weighted by Gasteiger charge is -2.26. The fourth-order valence-electron chi connectivity index (χ4n) is 0.712. The van der Waals surface area contributed by atoms with Crippen LogP contribution in [0.5, 0.6) is 0 Å². The Labute approximate surface area is 57.8 Å². The fourth-order valence-corrected chi connectivity index (χ4v) is 0.712. The number of cyclic esters (lactones) is 1. The van der Waals surface area contributed by atoms with Crippen molar-refractivity contribution in [3.8, 4) is 0 Å². The fraction of sp³-hybridized carbons (Fsp3) is 0.833. The minimum Gasteiger partial charge on any atom is -0.465 e. The maximum absolute atomic E-state index is 10.7. The molecule has 1 rings (SSSR count). The average molecular weight is 135 g/mol. The molecule has 0 amide bonds. The first-order chi connectivity index (χ1) is 5.35. The molecular formula is C6H10O3. The molecule has 1 fully saturated rings. The van der Waals surface area contributed by atoms with Gasteiger partial charge in [0.15, 0.2) is 0 Å². The lowest BCUT2D eigenvalue weighted by Crippen LogP contribution is -2.35. The lowest BCUT2D eigenvalue weighted by atomic mass is 10.1. The minimum absolute atomic E-state index is 0.0186. The first-order valence-electron chi connectivity index (χ1n) is 4.23. The van der Waals surface area contributed by atoms with Crippen LogP contribution in [0, 0.1) is 0 Å². The Hall–Kier alpha value is -0.570. The zero-order chi connectivity index (χ0) is 9.41. The molecule has 0 bridgehead atoms. The summed E-state index contributed by atoms with van der Waals surface area (Å²) in [6.45, 7) is -2.53. The van der Waals surface area contributed by atoms with E-state index in [1.54, 1.807) is 0 Å². The number of hydrogen-bond donors (Lipinski definition) is 1. The van der Waals surface area contributed by atoms with Crippen molar-refractivity contribution in [1.82, 2.24) is 0 Å². The second-order valence-electron chi connectivity index (χ2n) is 2.18. The van der Waals surface area contributed by atoms with E-state index in [-0.39, 0.29) is 13.0 Å². The number of carbonyl (C=O) groups excluding carboxylic acids is 1. The molecule has 1 saturated heterocycles. The molecule has 3 heteroatoms. The second kappa shape index (κ2) is 1.99. The standard InChI is InChI=1S/C6H10O3/c1-6(8)2-3-9-5(7)4-6/h8H,2-4H2,1H3/i1D3,4+1,5+1. The molecular weight excluding hydrogens is 122 g/mol. The molecule has 1 heterocycles. The van der Waals surface area contributed by atoms with Crippen LogP contribution in [-0.4, -0.2) is 23.3 Å². The van der Waals surface area contributed by atoms with Gasteiger partial charge in [-0.3, -0.25) is 4.79 Å². The van der Waals surface area contributed by atoms with Gasteiger partial charge in [-0.1, -0.05) is 0 Å². The van der Waals surface area contributed by atoms with Crippen LogP contribution in [0.4, 0.5) is 0 Å². The lowest BCUT2D eigenvalue weighted by molar-refractivity contribution is -0.157. The van der Waals surface area contributed by atoms with Crippen LogP contribution in [0.3, 0.4) is 0 Å². The number of rotatable bonds is 0. The van der Waals surface area contributed by atoms with Gasteiger partial charge in [-0.25, -0.2) is 0 Å². The average Bonchev–Trinajstić information content (AvgIpc) is 1.83. The van der Waals surface area contributed by atoms with Gasteiger partial charge >= 0.3 is 5.97 Å². The topological polar surface area (TPSA) is 46.5 Å². The molecule has 0 aromatic carbocycles. The van der Waals surface area contributed by atoms with E-state index in [2.05, 4.69) is 4.74 Å². The van der Waals surface area contributed by atoms with Crippen molar-refractivity contribution in [2.24, 2.45) is 0 Å². The molecule has 0 radical (unpaired) electrons. The maximum Gasteiger partial charge on any atom is 0.308 e. The highest BCUT2D eigenvalue weighted by molar-refractivity contribution is 5.71. The molecule has 1 N–H and O–H groups in total. The van der Waals surface area contributed by atoms with Gasteiger partial charge in [0, 0.05) is 10.5 Å². The van der Waals surface area contributed by atoms with Crippen molar-refractivity contribution in [1.29, 1.82) is 0 Å². The van der Waals surface area contributed by atoms with Crippen molar-refractivity contribution < 1.29 is 18.8 Å². The zero-order valence-electron chi connectivity index (χ0n) is 7.89. The monoisotopic (exact) mass is 135 g/mol. The highest BCUT2D eigenvalue weighted by atomic mass is 16.6. The highest BCUT2D eigenvalue weighted by Crippen LogP contribution is 2.19. The summed E-state index contributed by atoms with van der Waals surface area (Å²) in [7, 11) is 0. The Balaban J connectivity index is 2.77. The Kier molecular flexibility index (Phi) is 0.787. The number of ether oxygens (including phenoxy) is 1. The summed E-state index contributed by atoms with van der Waals surface area (Å²) in [6, 6.07) is 0. The van der Waals surface area contributed by atoms with E-state index < -0.39 is 24.8 Å². The van der Waals surface area contributed by atoms with E-state index in [1.165, 1.54) is 0 Å². The van der Waals surface area contributed by atoms with Gasteiger partial charge in [0.05, 0.1) is 18.6 Å². The second-order valence-corrected chi connectivity index (χ2v) is 2.18. The summed E-state index contributed by atoms with van der Waals surface area (Å²) in [5, 5.41) is 9.51. The Morgan fingerprint density at radius 2 is 2.78 bits per heavy atom. The number of carbonyl (C=O) groups is 1. The van der Waals surface area contributed by atoms with Gasteiger partial charge < -0.3 is 9.84 Å². The highest BCUT2D eigenvalue weighted by Gasteiger charge is 2.29. The molecule has 0 aromatic heterocycles. The molecule has 0 aromatic rings. The first-order valence-corrected chi connectivity index (χ1v) is 2.73. The molecule has 0 spiro atoms. The van der Waals surface area contributed by atoms with E-state index in [0.29, 0.717) is 0 Å². The van der Waals surface area contributed by atoms with Crippen LogP contribution in [-0.2, 0) is 9.53 Å². The van der Waals surface area contributed by atoms with Crippen molar-refractivity contribution in [3.63, 3.8) is 0 Å². The number of hydrogen-bond acceptors (Lipinski definition) is 3. The molecule has 3 nitrogen and oxygen atoms in total. The van der Waals surface area contributed by atoms with Crippen LogP contribution >= 0.6 is 0 Å². The summed E-state index contributed by atoms with van der Waals surface area (Å²) in [5.41, 5.74) is -1.89. The Morgan fingerprint density at radius 1 is 2.00 bits per heavy atom. The molecule has 1 aliphatic rings. The SMILES string of the molecule is [2H]C([2H])([2H])C1(O)CCO[13C](=O)[13CH2]1. The van der Waals surface area contributed by atoms with Gasteiger partial charge in [-0.05, 0) is 6.85 Å². The molecule has 0 saturated carbocycles. The maximum atomic E-state index is 10.7. The third-order valence-corrected chi connectivity index (χ3v) is 1.22. The van der Waals surface area contributed by atoms with Crippen molar-refractivity contribution in [2.45, 2.75) is 25.3 Å². The third kappa shape index (κ3) is 1.68. The van der Waals surface area contributed by atoms with E-state index >= 15 is 0 Å². The van der Waals surface area contributed by atoms with E-state index in [1.807, 2.05) is 0 Å². The zero-order valence-corrected chi connectivity index (χ0v) is 4.89. The van der Waals surface area contributed by atoms with E-state index in [4.69, 9.17) is 4.11 Å². The molecule has 0 aliphatic carbocycles. The third-order valence-electron chi connectivity index (χ3n) is 1.22. The quantitative estimate of drug-likeness (QED) is 0.378. The van der Waals surface area contributed by atoms with Crippen molar-refractivity contribution in [2.75, 3.05) is 6.61 Å². The van der Waals surface area contributed by atoms with Crippen LogP contribution < -0.4 is 0 Å².